The summed E-state index contributed by atoms with van der Waals surface area (Å²) in [6.45, 7) is 7.64. The van der Waals surface area contributed by atoms with Gasteiger partial charge >= 0.3 is 0 Å². The Hall–Kier alpha value is -3.06. The van der Waals surface area contributed by atoms with E-state index >= 15 is 0 Å². The number of carbonyl (C=O) groups is 1. The highest BCUT2D eigenvalue weighted by Gasteiger charge is 2.13. The number of hydrogen-bond donors (Lipinski definition) is 1. The first-order valence-electron chi connectivity index (χ1n) is 10.1. The predicted molar refractivity (Wildman–Crippen MR) is 122 cm³/mol. The van der Waals surface area contributed by atoms with Crippen LogP contribution in [0.5, 0.6) is 17.2 Å². The summed E-state index contributed by atoms with van der Waals surface area (Å²) in [4.78, 5) is 16.7. The Labute approximate surface area is 187 Å². The van der Waals surface area contributed by atoms with Gasteiger partial charge in [-0.25, -0.2) is 4.98 Å². The van der Waals surface area contributed by atoms with Crippen LogP contribution in [0.4, 0.5) is 0 Å². The topological polar surface area (TPSA) is 69.7 Å². The number of methoxy groups -OCH3 is 1. The van der Waals surface area contributed by atoms with Crippen molar-refractivity contribution in [3.63, 3.8) is 0 Å². The molecule has 0 bridgehead atoms. The number of nitrogens with one attached hydrogen (secondary N) is 1. The van der Waals surface area contributed by atoms with Crippen LogP contribution in [0.15, 0.2) is 53.4 Å². The molecule has 0 atom stereocenters. The number of benzene rings is 2. The van der Waals surface area contributed by atoms with Crippen molar-refractivity contribution < 1.29 is 19.0 Å². The summed E-state index contributed by atoms with van der Waals surface area (Å²) in [5.74, 6) is 1.65. The van der Waals surface area contributed by atoms with Gasteiger partial charge in [0.1, 0.15) is 19.0 Å². The lowest BCUT2D eigenvalue weighted by atomic mass is 9.87. The van der Waals surface area contributed by atoms with E-state index in [1.807, 2.05) is 17.5 Å². The number of hydrogen-bond acceptors (Lipinski definition) is 6. The highest BCUT2D eigenvalue weighted by atomic mass is 32.1. The van der Waals surface area contributed by atoms with Crippen LogP contribution in [-0.4, -0.2) is 31.2 Å². The Morgan fingerprint density at radius 2 is 1.84 bits per heavy atom. The molecule has 1 N–H and O–H groups in total. The van der Waals surface area contributed by atoms with Gasteiger partial charge in [-0.15, -0.1) is 11.3 Å². The van der Waals surface area contributed by atoms with Gasteiger partial charge in [-0.2, -0.15) is 0 Å². The van der Waals surface area contributed by atoms with Crippen molar-refractivity contribution in [2.75, 3.05) is 20.3 Å². The van der Waals surface area contributed by atoms with E-state index < -0.39 is 0 Å². The normalized spacial score (nSPS) is 11.1. The Bertz CT molecular complexity index is 980. The maximum Gasteiger partial charge on any atom is 0.251 e. The van der Waals surface area contributed by atoms with Gasteiger partial charge < -0.3 is 19.5 Å². The van der Waals surface area contributed by atoms with Crippen LogP contribution < -0.4 is 19.5 Å². The molecule has 0 saturated heterocycles. The second-order valence-electron chi connectivity index (χ2n) is 8.01. The van der Waals surface area contributed by atoms with Crippen LogP contribution >= 0.6 is 11.3 Å². The van der Waals surface area contributed by atoms with E-state index in [-0.39, 0.29) is 11.3 Å². The second-order valence-corrected chi connectivity index (χ2v) is 8.73. The van der Waals surface area contributed by atoms with Gasteiger partial charge in [0.15, 0.2) is 11.5 Å². The summed E-state index contributed by atoms with van der Waals surface area (Å²) in [6, 6.07) is 13.2. The average Bonchev–Trinajstić information content (AvgIpc) is 3.28. The molecule has 0 aliphatic rings. The van der Waals surface area contributed by atoms with Crippen LogP contribution in [0.2, 0.25) is 0 Å². The minimum absolute atomic E-state index is 0.106. The number of thiazole rings is 1. The van der Waals surface area contributed by atoms with E-state index in [1.165, 1.54) is 16.9 Å². The van der Waals surface area contributed by atoms with Crippen LogP contribution in [0, 0.1) is 0 Å². The molecular formula is C24H28N2O4S. The lowest BCUT2D eigenvalue weighted by Crippen LogP contribution is -2.28. The smallest absolute Gasteiger partial charge is 0.251 e. The summed E-state index contributed by atoms with van der Waals surface area (Å²) in [5.41, 5.74) is 4.46. The van der Waals surface area contributed by atoms with E-state index in [0.717, 1.165) is 11.4 Å². The van der Waals surface area contributed by atoms with Gasteiger partial charge in [-0.1, -0.05) is 32.9 Å². The van der Waals surface area contributed by atoms with Crippen LogP contribution in [0.1, 0.15) is 42.4 Å². The molecular weight excluding hydrogens is 412 g/mol. The zero-order valence-corrected chi connectivity index (χ0v) is 19.1. The number of aromatic nitrogens is 1. The van der Waals surface area contributed by atoms with Crippen molar-refractivity contribution in [1.82, 2.24) is 10.3 Å². The summed E-state index contributed by atoms with van der Waals surface area (Å²) < 4.78 is 16.9. The van der Waals surface area contributed by atoms with Crippen molar-refractivity contribution in [1.29, 1.82) is 0 Å². The third kappa shape index (κ3) is 6.46. The fourth-order valence-corrected chi connectivity index (χ4v) is 3.42. The summed E-state index contributed by atoms with van der Waals surface area (Å²) >= 11 is 1.51. The zero-order chi connectivity index (χ0) is 22.3. The van der Waals surface area contributed by atoms with Crippen LogP contribution in [0.25, 0.3) is 0 Å². The summed E-state index contributed by atoms with van der Waals surface area (Å²) in [7, 11) is 1.55. The Balaban J connectivity index is 1.48. The molecule has 0 radical (unpaired) electrons. The molecule has 31 heavy (non-hydrogen) atoms. The maximum atomic E-state index is 12.5. The van der Waals surface area contributed by atoms with Crippen molar-refractivity contribution >= 4 is 17.2 Å². The minimum Gasteiger partial charge on any atom is -0.493 e. The monoisotopic (exact) mass is 440 g/mol. The average molecular weight is 441 g/mol. The number of ether oxygens (including phenoxy) is 3. The predicted octanol–water partition coefficient (Wildman–Crippen LogP) is 4.84. The molecule has 7 heteroatoms. The van der Waals surface area contributed by atoms with E-state index in [2.05, 4.69) is 43.2 Å². The van der Waals surface area contributed by atoms with E-state index in [9.17, 15) is 4.79 Å². The van der Waals surface area contributed by atoms with Crippen molar-refractivity contribution in [2.24, 2.45) is 0 Å². The number of nitrogens with zero attached hydrogens (tertiary/aromatic N) is 1. The Morgan fingerprint density at radius 1 is 1.06 bits per heavy atom. The number of rotatable bonds is 9. The molecule has 0 unspecified atom stereocenters. The quantitative estimate of drug-likeness (QED) is 0.482. The molecule has 164 valence electrons. The number of amides is 1. The van der Waals surface area contributed by atoms with Crippen molar-refractivity contribution in [3.05, 3.63) is 70.2 Å². The van der Waals surface area contributed by atoms with Gasteiger partial charge in [-0.3, -0.25) is 4.79 Å². The molecule has 1 amide bonds. The first-order valence-corrected chi connectivity index (χ1v) is 11.0. The molecule has 1 aromatic heterocycles. The maximum absolute atomic E-state index is 12.5. The van der Waals surface area contributed by atoms with Crippen LogP contribution in [0.3, 0.4) is 0 Å². The van der Waals surface area contributed by atoms with Gasteiger partial charge in [0.2, 0.25) is 0 Å². The summed E-state index contributed by atoms with van der Waals surface area (Å²) in [5, 5.41) is 4.79. The van der Waals surface area contributed by atoms with Crippen molar-refractivity contribution in [2.45, 2.75) is 32.8 Å². The van der Waals surface area contributed by atoms with Gasteiger partial charge in [-0.05, 0) is 41.3 Å². The second kappa shape index (κ2) is 10.3. The Kier molecular flexibility index (Phi) is 7.52. The lowest BCUT2D eigenvalue weighted by Gasteiger charge is -2.19. The molecule has 3 aromatic rings. The summed E-state index contributed by atoms with van der Waals surface area (Å²) in [6.07, 6.45) is 0. The highest BCUT2D eigenvalue weighted by Crippen LogP contribution is 2.29. The fourth-order valence-electron chi connectivity index (χ4n) is 2.88. The Morgan fingerprint density at radius 3 is 2.48 bits per heavy atom. The van der Waals surface area contributed by atoms with Crippen LogP contribution in [-0.2, 0) is 12.0 Å². The third-order valence-electron chi connectivity index (χ3n) is 4.66. The lowest BCUT2D eigenvalue weighted by molar-refractivity contribution is 0.0946. The molecule has 0 spiro atoms. The molecule has 1 heterocycles. The van der Waals surface area contributed by atoms with Crippen molar-refractivity contribution in [3.8, 4) is 17.2 Å². The van der Waals surface area contributed by atoms with E-state index in [4.69, 9.17) is 14.2 Å². The first kappa shape index (κ1) is 22.6. The highest BCUT2D eigenvalue weighted by molar-refractivity contribution is 7.07. The van der Waals surface area contributed by atoms with E-state index in [0.29, 0.717) is 36.8 Å². The minimum atomic E-state index is -0.198. The SMILES string of the molecule is COc1cc(C(=O)NCCOc2ccc(C(C)(C)C)cc2)ccc1OCc1cscn1. The first-order chi connectivity index (χ1) is 14.9. The molecule has 2 aromatic carbocycles. The molecule has 3 rings (SSSR count). The van der Waals surface area contributed by atoms with Gasteiger partial charge in [0, 0.05) is 10.9 Å². The standard InChI is InChI=1S/C24H28N2O4S/c1-24(2,3)18-6-8-20(9-7-18)29-12-11-25-23(27)17-5-10-21(22(13-17)28-4)30-14-19-15-31-16-26-19/h5-10,13,15-16H,11-12,14H2,1-4H3,(H,25,27). The number of carbonyl (C=O) groups excluding carboxylic acids is 1. The molecule has 0 aliphatic heterocycles. The van der Waals surface area contributed by atoms with Gasteiger partial charge in [0.05, 0.1) is 24.9 Å². The molecule has 0 aliphatic carbocycles. The zero-order valence-electron chi connectivity index (χ0n) is 18.3. The molecule has 0 saturated carbocycles. The third-order valence-corrected chi connectivity index (χ3v) is 5.30. The molecule has 0 fully saturated rings. The van der Waals surface area contributed by atoms with Gasteiger partial charge in [0.25, 0.3) is 5.91 Å². The molecule has 6 nitrogen and oxygen atoms in total. The van der Waals surface area contributed by atoms with E-state index in [1.54, 1.807) is 30.8 Å². The fraction of sp³-hybridized carbons (Fsp3) is 0.333. The largest absolute Gasteiger partial charge is 0.493 e.